The van der Waals surface area contributed by atoms with Gasteiger partial charge in [-0.25, -0.2) is 18.2 Å². The molecule has 0 aromatic heterocycles. The second-order valence-electron chi connectivity index (χ2n) is 8.04. The van der Waals surface area contributed by atoms with Crippen molar-refractivity contribution < 1.29 is 27.4 Å². The van der Waals surface area contributed by atoms with Gasteiger partial charge in [0.25, 0.3) is 0 Å². The van der Waals surface area contributed by atoms with E-state index in [1.165, 1.54) is 29.4 Å². The molecule has 0 fully saturated rings. The fraction of sp³-hybridized carbons (Fsp3) is 0.161. The van der Waals surface area contributed by atoms with Crippen molar-refractivity contribution in [2.75, 3.05) is 20.9 Å². The highest BCUT2D eigenvalue weighted by Gasteiger charge is 2.17. The minimum absolute atomic E-state index is 0.0455. The van der Waals surface area contributed by atoms with Crippen molar-refractivity contribution in [3.8, 4) is 0 Å². The van der Waals surface area contributed by atoms with Gasteiger partial charge in [0, 0.05) is 26.5 Å². The summed E-state index contributed by atoms with van der Waals surface area (Å²) < 4.78 is 50.2. The van der Waals surface area contributed by atoms with E-state index in [0.717, 1.165) is 40.5 Å². The number of carbonyl (C=O) groups is 1. The van der Waals surface area contributed by atoms with Crippen LogP contribution in [-0.4, -0.2) is 38.1 Å². The Hall–Kier alpha value is -4.43. The van der Waals surface area contributed by atoms with Crippen LogP contribution in [0.15, 0.2) is 131 Å². The summed E-state index contributed by atoms with van der Waals surface area (Å²) in [4.78, 5) is 11.0. The van der Waals surface area contributed by atoms with E-state index in [1.54, 1.807) is 32.4 Å². The number of hydrogen-bond acceptors (Lipinski definition) is 5. The molecule has 0 spiro atoms. The van der Waals surface area contributed by atoms with Gasteiger partial charge in [-0.15, -0.1) is 5.10 Å². The number of ether oxygens (including phenoxy) is 2. The van der Waals surface area contributed by atoms with Crippen molar-refractivity contribution in [3.05, 3.63) is 138 Å². The molecule has 39 heavy (non-hydrogen) atoms. The molecule has 0 saturated heterocycles. The van der Waals surface area contributed by atoms with Crippen LogP contribution in [0, 0.1) is 5.82 Å². The van der Waals surface area contributed by atoms with Crippen LogP contribution in [0.5, 0.6) is 0 Å². The third-order valence-electron chi connectivity index (χ3n) is 5.19. The lowest BCUT2D eigenvalue weighted by Gasteiger charge is -2.23. The standard InChI is InChI=1S/C29H25F3N2O2.C2H6O/c1-3-25(31)12-13-27(20-30)36-29-15-14-28(34(33-29)16-7-17-35)21(2)22-8-4-5-9-23(18-22)24-10-6-11-26(32)19-24;1-3-2/h3-4,6-19H,1,5,20H2,2H3;1-2H3/b16-7-,25-12+,27-13+,28-21+;. The quantitative estimate of drug-likeness (QED) is 0.150. The minimum Gasteiger partial charge on any atom is -0.439 e. The number of hydrogen-bond donors (Lipinski definition) is 0. The first-order valence-corrected chi connectivity index (χ1v) is 11.9. The molecule has 1 aromatic rings. The van der Waals surface area contributed by atoms with E-state index in [4.69, 9.17) is 4.74 Å². The Morgan fingerprint density at radius 3 is 2.64 bits per heavy atom. The van der Waals surface area contributed by atoms with Crippen molar-refractivity contribution >= 4 is 17.8 Å². The van der Waals surface area contributed by atoms with E-state index >= 15 is 0 Å². The number of halogens is 3. The lowest BCUT2D eigenvalue weighted by atomic mass is 9.98. The highest BCUT2D eigenvalue weighted by Crippen LogP contribution is 2.29. The van der Waals surface area contributed by atoms with Gasteiger partial charge in [-0.2, -0.15) is 0 Å². The number of benzene rings is 1. The Labute approximate surface area is 227 Å². The first-order valence-electron chi connectivity index (χ1n) is 11.9. The highest BCUT2D eigenvalue weighted by molar-refractivity contribution is 5.90. The van der Waals surface area contributed by atoms with Gasteiger partial charge in [0.15, 0.2) is 0 Å². The van der Waals surface area contributed by atoms with Crippen molar-refractivity contribution in [3.63, 3.8) is 0 Å². The number of aldehydes is 1. The average molecular weight is 537 g/mol. The molecule has 1 aliphatic carbocycles. The van der Waals surface area contributed by atoms with Crippen LogP contribution in [0.3, 0.4) is 0 Å². The first kappa shape index (κ1) is 30.8. The summed E-state index contributed by atoms with van der Waals surface area (Å²) in [6, 6.07) is 6.38. The van der Waals surface area contributed by atoms with Gasteiger partial charge in [0.1, 0.15) is 30.4 Å². The molecule has 0 bridgehead atoms. The molecule has 0 atom stereocenters. The lowest BCUT2D eigenvalue weighted by Crippen LogP contribution is -2.19. The minimum atomic E-state index is -0.980. The van der Waals surface area contributed by atoms with E-state index in [9.17, 15) is 18.0 Å². The number of carbonyl (C=O) groups excluding carboxylic acids is 1. The summed E-state index contributed by atoms with van der Waals surface area (Å²) in [5, 5.41) is 5.77. The summed E-state index contributed by atoms with van der Waals surface area (Å²) in [5.74, 6) is -1.07. The number of hydrazone groups is 1. The van der Waals surface area contributed by atoms with Crippen LogP contribution in [0.2, 0.25) is 0 Å². The highest BCUT2D eigenvalue weighted by atomic mass is 19.1. The number of allylic oxidation sites excluding steroid dienone is 14. The molecule has 1 heterocycles. The fourth-order valence-corrected chi connectivity index (χ4v) is 3.40. The zero-order valence-corrected chi connectivity index (χ0v) is 22.1. The van der Waals surface area contributed by atoms with Gasteiger partial charge in [0.05, 0.1) is 5.70 Å². The predicted molar refractivity (Wildman–Crippen MR) is 150 cm³/mol. The number of methoxy groups -OCH3 is 1. The Morgan fingerprint density at radius 2 is 1.97 bits per heavy atom. The van der Waals surface area contributed by atoms with Crippen LogP contribution >= 0.6 is 0 Å². The van der Waals surface area contributed by atoms with Crippen molar-refractivity contribution in [2.45, 2.75) is 13.3 Å². The van der Waals surface area contributed by atoms with E-state index in [2.05, 4.69) is 16.4 Å². The third-order valence-corrected chi connectivity index (χ3v) is 5.19. The van der Waals surface area contributed by atoms with Crippen LogP contribution in [-0.2, 0) is 14.3 Å². The zero-order chi connectivity index (χ0) is 28.6. The van der Waals surface area contributed by atoms with Gasteiger partial charge >= 0.3 is 0 Å². The van der Waals surface area contributed by atoms with Gasteiger partial charge in [-0.3, -0.25) is 4.79 Å². The number of alkyl halides is 1. The Morgan fingerprint density at radius 1 is 1.21 bits per heavy atom. The van der Waals surface area contributed by atoms with Crippen molar-refractivity contribution in [1.82, 2.24) is 5.01 Å². The van der Waals surface area contributed by atoms with E-state index in [-0.39, 0.29) is 17.5 Å². The number of nitrogens with zero attached hydrogens (tertiary/aromatic N) is 2. The molecule has 1 aliphatic heterocycles. The summed E-state index contributed by atoms with van der Waals surface area (Å²) in [6.07, 6.45) is 18.3. The fourth-order valence-electron chi connectivity index (χ4n) is 3.40. The SMILES string of the molecule is C=C/C(F)=C\C=C(/CF)OC1=NN(/C=C\C=O)/C(=C(\C)C2=CC(c3cccc(F)c3)=CCC=C2)C=C1.COC. The van der Waals surface area contributed by atoms with E-state index in [0.29, 0.717) is 18.4 Å². The van der Waals surface area contributed by atoms with Crippen LogP contribution in [0.25, 0.3) is 5.57 Å². The first-order chi connectivity index (χ1) is 18.9. The normalized spacial score (nSPS) is 17.0. The molecule has 0 radical (unpaired) electrons. The monoisotopic (exact) mass is 536 g/mol. The maximum absolute atomic E-state index is 13.8. The summed E-state index contributed by atoms with van der Waals surface area (Å²) in [6.45, 7) is 4.21. The van der Waals surface area contributed by atoms with Gasteiger partial charge < -0.3 is 9.47 Å². The van der Waals surface area contributed by atoms with Crippen LogP contribution in [0.4, 0.5) is 13.2 Å². The maximum Gasteiger partial charge on any atom is 0.236 e. The zero-order valence-electron chi connectivity index (χ0n) is 22.1. The van der Waals surface area contributed by atoms with Gasteiger partial charge in [-0.05, 0) is 84.2 Å². The maximum atomic E-state index is 13.8. The average Bonchev–Trinajstić information content (AvgIpc) is 3.20. The third kappa shape index (κ3) is 9.75. The number of rotatable bonds is 8. The Balaban J connectivity index is 0.00000170. The van der Waals surface area contributed by atoms with Gasteiger partial charge in [0.2, 0.25) is 5.90 Å². The molecular formula is C31H31F3N2O3. The largest absolute Gasteiger partial charge is 0.439 e. The smallest absolute Gasteiger partial charge is 0.236 e. The van der Waals surface area contributed by atoms with E-state index in [1.807, 2.05) is 37.3 Å². The molecular weight excluding hydrogens is 505 g/mol. The molecule has 204 valence electrons. The lowest BCUT2D eigenvalue weighted by molar-refractivity contribution is -0.104. The topological polar surface area (TPSA) is 51.1 Å². The Kier molecular flexibility index (Phi) is 13.0. The summed E-state index contributed by atoms with van der Waals surface area (Å²) in [7, 11) is 3.25. The van der Waals surface area contributed by atoms with E-state index < -0.39 is 12.5 Å². The molecule has 0 amide bonds. The molecule has 2 aliphatic rings. The molecule has 3 rings (SSSR count). The molecule has 0 saturated carbocycles. The van der Waals surface area contributed by atoms with Gasteiger partial charge in [-0.1, -0.05) is 36.9 Å². The second kappa shape index (κ2) is 16.4. The molecule has 1 aromatic carbocycles. The van der Waals surface area contributed by atoms with Crippen molar-refractivity contribution in [1.29, 1.82) is 0 Å². The summed E-state index contributed by atoms with van der Waals surface area (Å²) in [5.41, 5.74) is 3.95. The molecule has 0 unspecified atom stereocenters. The molecule has 8 heteroatoms. The van der Waals surface area contributed by atoms with Crippen molar-refractivity contribution in [2.24, 2.45) is 5.10 Å². The van der Waals surface area contributed by atoms with Crippen LogP contribution in [0.1, 0.15) is 18.9 Å². The Bertz CT molecular complexity index is 1310. The summed E-state index contributed by atoms with van der Waals surface area (Å²) >= 11 is 0. The van der Waals surface area contributed by atoms with Crippen LogP contribution < -0.4 is 0 Å². The molecule has 5 nitrogen and oxygen atoms in total. The second-order valence-corrected chi connectivity index (χ2v) is 8.04. The molecule has 0 N–H and O–H groups in total. The predicted octanol–water partition coefficient (Wildman–Crippen LogP) is 7.44.